The summed E-state index contributed by atoms with van der Waals surface area (Å²) in [4.78, 5) is 23.5. The molecule has 1 aliphatic rings. The number of hydrogen-bond acceptors (Lipinski definition) is 8. The normalized spacial score (nSPS) is 14.5. The number of carbonyl (C=O) groups is 2. The van der Waals surface area contributed by atoms with Crippen molar-refractivity contribution in [2.45, 2.75) is 0 Å². The summed E-state index contributed by atoms with van der Waals surface area (Å²) in [6.07, 6.45) is 1.52. The van der Waals surface area contributed by atoms with Crippen molar-refractivity contribution in [3.05, 3.63) is 46.4 Å². The topological polar surface area (TPSA) is 111 Å². The van der Waals surface area contributed by atoms with Crippen molar-refractivity contribution in [1.29, 1.82) is 0 Å². The van der Waals surface area contributed by atoms with E-state index in [1.807, 2.05) is 6.07 Å². The predicted molar refractivity (Wildman–Crippen MR) is 123 cm³/mol. The van der Waals surface area contributed by atoms with Crippen LogP contribution in [0.1, 0.15) is 5.56 Å². The van der Waals surface area contributed by atoms with Crippen molar-refractivity contribution in [2.24, 2.45) is 10.2 Å². The minimum atomic E-state index is -0.351. The second-order valence-corrected chi connectivity index (χ2v) is 7.88. The summed E-state index contributed by atoms with van der Waals surface area (Å²) < 4.78 is 16.9. The lowest BCUT2D eigenvalue weighted by molar-refractivity contribution is -0.118. The van der Waals surface area contributed by atoms with Gasteiger partial charge in [-0.3, -0.25) is 9.59 Å². The third-order valence-corrected chi connectivity index (χ3v) is 5.37. The molecule has 0 atom stereocenters. The van der Waals surface area contributed by atoms with E-state index in [0.29, 0.717) is 43.9 Å². The molecule has 3 rings (SSSR count). The molecule has 0 spiro atoms. The molecule has 0 aliphatic carbocycles. The Morgan fingerprint density at radius 1 is 1.26 bits per heavy atom. The van der Waals surface area contributed by atoms with Crippen LogP contribution in [0.2, 0.25) is 0 Å². The van der Waals surface area contributed by atoms with Gasteiger partial charge in [-0.1, -0.05) is 23.9 Å². The van der Waals surface area contributed by atoms with Crippen LogP contribution in [-0.2, 0) is 9.59 Å². The first-order valence-corrected chi connectivity index (χ1v) is 10.7. The molecule has 2 aromatic carbocycles. The maximum atomic E-state index is 12.3. The maximum Gasteiger partial charge on any atom is 0.262 e. The van der Waals surface area contributed by atoms with E-state index >= 15 is 0 Å². The minimum Gasteiger partial charge on any atom is -0.495 e. The number of hydrogen-bond donors (Lipinski definition) is 2. The second-order valence-electron chi connectivity index (χ2n) is 6.06. The first kappa shape index (κ1) is 22.6. The molecule has 1 saturated heterocycles. The van der Waals surface area contributed by atoms with E-state index in [2.05, 4.69) is 36.8 Å². The standard InChI is InChI=1S/C20H19BrN4O5S/c1-28-15-6-4-3-5-14(15)23-17(26)10-30-19-13(21)7-12(8-16(19)29-2)9-22-25-20-24-18(27)11-31-20/h3-9H,10-11H2,1-2H3,(H,23,26)(H,24,25,27). The number of nitrogens with zero attached hydrogens (tertiary/aromatic N) is 2. The number of halogens is 1. The maximum absolute atomic E-state index is 12.3. The summed E-state index contributed by atoms with van der Waals surface area (Å²) in [5.41, 5.74) is 1.24. The van der Waals surface area contributed by atoms with Crippen LogP contribution in [0.3, 0.4) is 0 Å². The molecule has 1 fully saturated rings. The molecule has 0 bridgehead atoms. The number of rotatable bonds is 8. The van der Waals surface area contributed by atoms with Crippen molar-refractivity contribution >= 4 is 56.6 Å². The molecule has 0 unspecified atom stereocenters. The Balaban J connectivity index is 1.66. The smallest absolute Gasteiger partial charge is 0.262 e. The summed E-state index contributed by atoms with van der Waals surface area (Å²) >= 11 is 4.72. The first-order valence-electron chi connectivity index (χ1n) is 8.97. The summed E-state index contributed by atoms with van der Waals surface area (Å²) in [6.45, 7) is -0.231. The molecule has 9 nitrogen and oxygen atoms in total. The van der Waals surface area contributed by atoms with Crippen molar-refractivity contribution in [3.63, 3.8) is 0 Å². The van der Waals surface area contributed by atoms with E-state index < -0.39 is 0 Å². The number of benzene rings is 2. The lowest BCUT2D eigenvalue weighted by Crippen LogP contribution is -2.20. The van der Waals surface area contributed by atoms with E-state index in [0.717, 1.165) is 0 Å². The number of ether oxygens (including phenoxy) is 3. The molecule has 162 valence electrons. The number of nitrogens with one attached hydrogen (secondary N) is 2. The van der Waals surface area contributed by atoms with Crippen molar-refractivity contribution in [1.82, 2.24) is 5.32 Å². The summed E-state index contributed by atoms with van der Waals surface area (Å²) in [5.74, 6) is 1.23. The van der Waals surface area contributed by atoms with Gasteiger partial charge in [-0.05, 0) is 45.8 Å². The molecule has 2 aromatic rings. The molecule has 1 heterocycles. The highest BCUT2D eigenvalue weighted by molar-refractivity contribution is 9.10. The third kappa shape index (κ3) is 6.22. The van der Waals surface area contributed by atoms with E-state index in [1.165, 1.54) is 32.2 Å². The van der Waals surface area contributed by atoms with E-state index in [9.17, 15) is 9.59 Å². The lowest BCUT2D eigenvalue weighted by atomic mass is 10.2. The monoisotopic (exact) mass is 506 g/mol. The van der Waals surface area contributed by atoms with Gasteiger partial charge in [0.05, 0.1) is 36.3 Å². The van der Waals surface area contributed by atoms with Crippen LogP contribution in [0.4, 0.5) is 5.69 Å². The van der Waals surface area contributed by atoms with Gasteiger partial charge in [-0.2, -0.15) is 5.10 Å². The molecule has 31 heavy (non-hydrogen) atoms. The molecular weight excluding hydrogens is 488 g/mol. The van der Waals surface area contributed by atoms with Crippen LogP contribution in [-0.4, -0.2) is 49.8 Å². The van der Waals surface area contributed by atoms with Crippen molar-refractivity contribution < 1.29 is 23.8 Å². The fourth-order valence-corrected chi connectivity index (χ4v) is 3.76. The number of amides is 2. The Kier molecular flexibility index (Phi) is 7.90. The summed E-state index contributed by atoms with van der Waals surface area (Å²) in [6, 6.07) is 10.5. The fourth-order valence-electron chi connectivity index (χ4n) is 2.55. The van der Waals surface area contributed by atoms with Crippen LogP contribution < -0.4 is 24.8 Å². The molecule has 2 N–H and O–H groups in total. The molecule has 0 saturated carbocycles. The predicted octanol–water partition coefficient (Wildman–Crippen LogP) is 3.04. The van der Waals surface area contributed by atoms with Gasteiger partial charge in [0.25, 0.3) is 5.91 Å². The lowest BCUT2D eigenvalue weighted by Gasteiger charge is -2.14. The average molecular weight is 507 g/mol. The van der Waals surface area contributed by atoms with Gasteiger partial charge in [0.1, 0.15) is 5.75 Å². The zero-order valence-corrected chi connectivity index (χ0v) is 19.1. The van der Waals surface area contributed by atoms with Gasteiger partial charge < -0.3 is 24.8 Å². The molecule has 2 amide bonds. The van der Waals surface area contributed by atoms with Gasteiger partial charge in [0.15, 0.2) is 23.3 Å². The van der Waals surface area contributed by atoms with Crippen LogP contribution in [0.15, 0.2) is 51.1 Å². The van der Waals surface area contributed by atoms with Gasteiger partial charge in [0, 0.05) is 0 Å². The second kappa shape index (κ2) is 10.8. The number of methoxy groups -OCH3 is 2. The number of amidine groups is 1. The minimum absolute atomic E-state index is 0.0976. The first-order chi connectivity index (χ1) is 15.0. The molecule has 0 aromatic heterocycles. The van der Waals surface area contributed by atoms with E-state index in [-0.39, 0.29) is 18.4 Å². The zero-order chi connectivity index (χ0) is 22.2. The van der Waals surface area contributed by atoms with E-state index in [1.54, 1.807) is 30.3 Å². The molecule has 0 radical (unpaired) electrons. The Morgan fingerprint density at radius 3 is 2.74 bits per heavy atom. The SMILES string of the molecule is COc1ccccc1NC(=O)COc1c(Br)cc(C=NN=C2NC(=O)CS2)cc1OC. The number of thioether (sulfide) groups is 1. The zero-order valence-electron chi connectivity index (χ0n) is 16.7. The van der Waals surface area contributed by atoms with Crippen molar-refractivity contribution in [2.75, 3.05) is 31.9 Å². The van der Waals surface area contributed by atoms with E-state index in [4.69, 9.17) is 14.2 Å². The van der Waals surface area contributed by atoms with Crippen molar-refractivity contribution in [3.8, 4) is 17.2 Å². The molecular formula is C20H19BrN4O5S. The molecule has 11 heteroatoms. The van der Waals surface area contributed by atoms with Crippen LogP contribution in [0.25, 0.3) is 0 Å². The highest BCUT2D eigenvalue weighted by Crippen LogP contribution is 2.36. The van der Waals surface area contributed by atoms with Crippen LogP contribution >= 0.6 is 27.7 Å². The quantitative estimate of drug-likeness (QED) is 0.420. The average Bonchev–Trinajstić information content (AvgIpc) is 3.18. The Morgan fingerprint density at radius 2 is 2.03 bits per heavy atom. The van der Waals surface area contributed by atoms with Crippen LogP contribution in [0, 0.1) is 0 Å². The van der Waals surface area contributed by atoms with Crippen LogP contribution in [0.5, 0.6) is 17.2 Å². The third-order valence-electron chi connectivity index (χ3n) is 3.92. The van der Waals surface area contributed by atoms with Gasteiger partial charge in [-0.25, -0.2) is 0 Å². The molecule has 1 aliphatic heterocycles. The largest absolute Gasteiger partial charge is 0.495 e. The Bertz CT molecular complexity index is 1040. The summed E-state index contributed by atoms with van der Waals surface area (Å²) in [7, 11) is 3.03. The van der Waals surface area contributed by atoms with Gasteiger partial charge >= 0.3 is 0 Å². The number of para-hydroxylation sites is 2. The Labute approximate surface area is 191 Å². The number of carbonyl (C=O) groups excluding carboxylic acids is 2. The summed E-state index contributed by atoms with van der Waals surface area (Å²) in [5, 5.41) is 13.7. The van der Waals surface area contributed by atoms with Gasteiger partial charge in [-0.15, -0.1) is 5.10 Å². The van der Waals surface area contributed by atoms with Gasteiger partial charge in [0.2, 0.25) is 5.91 Å². The fraction of sp³-hybridized carbons (Fsp3) is 0.200. The highest BCUT2D eigenvalue weighted by atomic mass is 79.9. The highest BCUT2D eigenvalue weighted by Gasteiger charge is 2.16. The Hall–Kier alpha value is -3.05. The number of anilines is 1.